The van der Waals surface area contributed by atoms with Gasteiger partial charge in [0.05, 0.1) is 11.8 Å². The lowest BCUT2D eigenvalue weighted by Gasteiger charge is -2.27. The van der Waals surface area contributed by atoms with Gasteiger partial charge < -0.3 is 5.32 Å². The Balaban J connectivity index is 1.99. The molecule has 1 atom stereocenters. The Kier molecular flexibility index (Phi) is 5.10. The Morgan fingerprint density at radius 1 is 1.27 bits per heavy atom. The molecule has 0 heterocycles. The fourth-order valence-corrected chi connectivity index (χ4v) is 2.78. The van der Waals surface area contributed by atoms with Gasteiger partial charge in [-0.15, -0.1) is 11.8 Å². The van der Waals surface area contributed by atoms with Crippen molar-refractivity contribution in [2.45, 2.75) is 31.2 Å². The van der Waals surface area contributed by atoms with E-state index in [1.165, 1.54) is 17.1 Å². The van der Waals surface area contributed by atoms with E-state index in [1.807, 2.05) is 32.0 Å². The first-order valence-corrected chi connectivity index (χ1v) is 8.27. The van der Waals surface area contributed by atoms with Gasteiger partial charge in [0, 0.05) is 4.90 Å². The number of rotatable bonds is 5. The first kappa shape index (κ1) is 16.4. The summed E-state index contributed by atoms with van der Waals surface area (Å²) in [7, 11) is 0. The van der Waals surface area contributed by atoms with Crippen LogP contribution in [0.2, 0.25) is 0 Å². The van der Waals surface area contributed by atoms with Gasteiger partial charge in [0.25, 0.3) is 0 Å². The van der Waals surface area contributed by atoms with Crippen molar-refractivity contribution >= 4 is 28.4 Å². The minimum Gasteiger partial charge on any atom is -0.337 e. The lowest BCUT2D eigenvalue weighted by molar-refractivity contribution is -0.120. The molecular formula is C18H20N2OS. The fraction of sp³-hybridized carbons (Fsp3) is 0.333. The summed E-state index contributed by atoms with van der Waals surface area (Å²) in [6, 6.07) is 16.5. The summed E-state index contributed by atoms with van der Waals surface area (Å²) in [5.41, 5.74) is -0.818. The highest BCUT2D eigenvalue weighted by Gasteiger charge is 2.29. The molecule has 0 aliphatic rings. The Bertz CT molecular complexity index is 720. The number of nitriles is 1. The van der Waals surface area contributed by atoms with Gasteiger partial charge in [-0.3, -0.25) is 4.79 Å². The normalized spacial score (nSPS) is 13.6. The van der Waals surface area contributed by atoms with Crippen molar-refractivity contribution < 1.29 is 4.79 Å². The molecule has 22 heavy (non-hydrogen) atoms. The van der Waals surface area contributed by atoms with Gasteiger partial charge in [-0.05, 0) is 35.7 Å². The zero-order valence-electron chi connectivity index (χ0n) is 13.1. The molecule has 0 spiro atoms. The molecule has 2 rings (SSSR count). The number of amides is 1. The van der Waals surface area contributed by atoms with Crippen LogP contribution >= 0.6 is 11.8 Å². The van der Waals surface area contributed by atoms with Gasteiger partial charge in [0.2, 0.25) is 5.91 Å². The summed E-state index contributed by atoms with van der Waals surface area (Å²) < 4.78 is 0. The van der Waals surface area contributed by atoms with E-state index >= 15 is 0 Å². The number of carbonyl (C=O) groups is 1. The summed E-state index contributed by atoms with van der Waals surface area (Å²) in [6.45, 7) is 5.62. The molecule has 0 bridgehead atoms. The molecule has 0 aromatic heterocycles. The predicted molar refractivity (Wildman–Crippen MR) is 91.7 cm³/mol. The lowest BCUT2D eigenvalue weighted by atomic mass is 9.90. The molecule has 0 fully saturated rings. The highest BCUT2D eigenvalue weighted by Crippen LogP contribution is 2.24. The molecule has 0 aliphatic carbocycles. The van der Waals surface area contributed by atoms with Crippen LogP contribution in [0.3, 0.4) is 0 Å². The smallest absolute Gasteiger partial charge is 0.231 e. The van der Waals surface area contributed by atoms with Crippen molar-refractivity contribution in [2.24, 2.45) is 5.92 Å². The Morgan fingerprint density at radius 3 is 2.59 bits per heavy atom. The average molecular weight is 312 g/mol. The molecule has 2 aromatic rings. The molecule has 0 saturated carbocycles. The van der Waals surface area contributed by atoms with E-state index in [0.717, 1.165) is 10.3 Å². The highest BCUT2D eigenvalue weighted by atomic mass is 32.2. The SMILES string of the molecule is CC(C)C(C)(C#N)NC(=O)CSc1ccc2ccccc2c1. The summed E-state index contributed by atoms with van der Waals surface area (Å²) >= 11 is 1.48. The molecule has 114 valence electrons. The molecule has 4 heteroatoms. The number of hydrogen-bond donors (Lipinski definition) is 1. The van der Waals surface area contributed by atoms with E-state index in [4.69, 9.17) is 0 Å². The summed E-state index contributed by atoms with van der Waals surface area (Å²) in [4.78, 5) is 13.1. The molecular weight excluding hydrogens is 292 g/mol. The molecule has 1 unspecified atom stereocenters. The fourth-order valence-electron chi connectivity index (χ4n) is 2.03. The summed E-state index contributed by atoms with van der Waals surface area (Å²) in [5, 5.41) is 14.4. The molecule has 1 amide bonds. The molecule has 2 aromatic carbocycles. The van der Waals surface area contributed by atoms with Crippen LogP contribution in [0.1, 0.15) is 20.8 Å². The number of carbonyl (C=O) groups excluding carboxylic acids is 1. The number of nitrogens with zero attached hydrogens (tertiary/aromatic N) is 1. The first-order chi connectivity index (χ1) is 10.4. The van der Waals surface area contributed by atoms with E-state index in [2.05, 4.69) is 35.7 Å². The standard InChI is InChI=1S/C18H20N2OS/c1-13(2)18(3,12-19)20-17(21)11-22-16-9-8-14-6-4-5-7-15(14)10-16/h4-10,13H,11H2,1-3H3,(H,20,21). The predicted octanol–water partition coefficient (Wildman–Crippen LogP) is 3.99. The van der Waals surface area contributed by atoms with Crippen molar-refractivity contribution in [1.29, 1.82) is 5.26 Å². The van der Waals surface area contributed by atoms with Gasteiger partial charge in [-0.25, -0.2) is 0 Å². The van der Waals surface area contributed by atoms with E-state index in [0.29, 0.717) is 5.75 Å². The van der Waals surface area contributed by atoms with Gasteiger partial charge >= 0.3 is 0 Å². The first-order valence-electron chi connectivity index (χ1n) is 7.28. The number of benzene rings is 2. The van der Waals surface area contributed by atoms with Crippen LogP contribution in [0.4, 0.5) is 0 Å². The third-order valence-electron chi connectivity index (χ3n) is 3.88. The van der Waals surface area contributed by atoms with E-state index < -0.39 is 5.54 Å². The van der Waals surface area contributed by atoms with E-state index in [-0.39, 0.29) is 11.8 Å². The van der Waals surface area contributed by atoms with Crippen LogP contribution in [0, 0.1) is 17.2 Å². The summed E-state index contributed by atoms with van der Waals surface area (Å²) in [6.07, 6.45) is 0. The minimum absolute atomic E-state index is 0.0621. The maximum absolute atomic E-state index is 12.1. The Morgan fingerprint density at radius 2 is 1.95 bits per heavy atom. The van der Waals surface area contributed by atoms with Crippen LogP contribution in [-0.2, 0) is 4.79 Å². The topological polar surface area (TPSA) is 52.9 Å². The number of hydrogen-bond acceptors (Lipinski definition) is 3. The second kappa shape index (κ2) is 6.85. The Hall–Kier alpha value is -1.99. The van der Waals surface area contributed by atoms with Gasteiger partial charge in [-0.2, -0.15) is 5.26 Å². The second-order valence-electron chi connectivity index (χ2n) is 5.81. The van der Waals surface area contributed by atoms with Gasteiger partial charge in [0.15, 0.2) is 0 Å². The molecule has 0 radical (unpaired) electrons. The third-order valence-corrected chi connectivity index (χ3v) is 4.87. The minimum atomic E-state index is -0.818. The quantitative estimate of drug-likeness (QED) is 0.849. The van der Waals surface area contributed by atoms with Crippen LogP contribution in [0.15, 0.2) is 47.4 Å². The van der Waals surface area contributed by atoms with Crippen LogP contribution in [0.25, 0.3) is 10.8 Å². The maximum atomic E-state index is 12.1. The van der Waals surface area contributed by atoms with Crippen molar-refractivity contribution in [3.8, 4) is 6.07 Å². The van der Waals surface area contributed by atoms with E-state index in [9.17, 15) is 10.1 Å². The monoisotopic (exact) mass is 312 g/mol. The molecule has 3 nitrogen and oxygen atoms in total. The van der Waals surface area contributed by atoms with Crippen LogP contribution < -0.4 is 5.32 Å². The molecule has 0 saturated heterocycles. The van der Waals surface area contributed by atoms with Gasteiger partial charge in [0.1, 0.15) is 5.54 Å². The second-order valence-corrected chi connectivity index (χ2v) is 6.86. The molecule has 1 N–H and O–H groups in total. The zero-order chi connectivity index (χ0) is 16.2. The van der Waals surface area contributed by atoms with Crippen molar-refractivity contribution in [2.75, 3.05) is 5.75 Å². The van der Waals surface area contributed by atoms with Crippen molar-refractivity contribution in [3.05, 3.63) is 42.5 Å². The zero-order valence-corrected chi connectivity index (χ0v) is 13.9. The maximum Gasteiger partial charge on any atom is 0.231 e. The highest BCUT2D eigenvalue weighted by molar-refractivity contribution is 8.00. The van der Waals surface area contributed by atoms with Crippen LogP contribution in [-0.4, -0.2) is 17.2 Å². The summed E-state index contributed by atoms with van der Waals surface area (Å²) in [5.74, 6) is 0.255. The lowest BCUT2D eigenvalue weighted by Crippen LogP contribution is -2.49. The Labute approximate surface area is 135 Å². The van der Waals surface area contributed by atoms with Crippen LogP contribution in [0.5, 0.6) is 0 Å². The molecule has 0 aliphatic heterocycles. The van der Waals surface area contributed by atoms with E-state index in [1.54, 1.807) is 6.92 Å². The van der Waals surface area contributed by atoms with Crippen molar-refractivity contribution in [3.63, 3.8) is 0 Å². The number of fused-ring (bicyclic) bond motifs is 1. The third kappa shape index (κ3) is 3.80. The average Bonchev–Trinajstić information content (AvgIpc) is 2.52. The number of nitrogens with one attached hydrogen (secondary N) is 1. The van der Waals surface area contributed by atoms with Gasteiger partial charge in [-0.1, -0.05) is 44.2 Å². The van der Waals surface area contributed by atoms with Crippen molar-refractivity contribution in [1.82, 2.24) is 5.32 Å². The largest absolute Gasteiger partial charge is 0.337 e. The number of thioether (sulfide) groups is 1.